The Morgan fingerprint density at radius 1 is 1.42 bits per heavy atom. The Balaban J connectivity index is 2.82. The molecule has 0 fully saturated rings. The van der Waals surface area contributed by atoms with Crippen molar-refractivity contribution >= 4 is 11.8 Å². The highest BCUT2D eigenvalue weighted by molar-refractivity contribution is 5.87. The van der Waals surface area contributed by atoms with Crippen LogP contribution in [0.2, 0.25) is 0 Å². The van der Waals surface area contributed by atoms with Crippen LogP contribution in [0.1, 0.15) is 26.3 Å². The number of carbonyl (C=O) groups excluding carboxylic acids is 1. The Morgan fingerprint density at radius 2 is 2.11 bits per heavy atom. The van der Waals surface area contributed by atoms with E-state index < -0.39 is 11.7 Å². The molecule has 0 saturated heterocycles. The average Bonchev–Trinajstić information content (AvgIpc) is 2.27. The van der Waals surface area contributed by atoms with Gasteiger partial charge in [0.1, 0.15) is 18.0 Å². The van der Waals surface area contributed by atoms with Crippen LogP contribution in [0, 0.1) is 19.3 Å². The fourth-order valence-electron chi connectivity index (χ4n) is 1.39. The van der Waals surface area contributed by atoms with Crippen LogP contribution in [0.5, 0.6) is 5.75 Å². The minimum atomic E-state index is -0.547. The van der Waals surface area contributed by atoms with Gasteiger partial charge in [0.05, 0.1) is 5.69 Å². The minimum Gasteiger partial charge on any atom is -0.479 e. The summed E-state index contributed by atoms with van der Waals surface area (Å²) in [6, 6.07) is 5.44. The second kappa shape index (κ2) is 6.14. The second-order valence-electron chi connectivity index (χ2n) is 5.12. The van der Waals surface area contributed by atoms with Crippen molar-refractivity contribution in [1.29, 1.82) is 0 Å². The van der Waals surface area contributed by atoms with Gasteiger partial charge in [-0.25, -0.2) is 4.79 Å². The molecule has 0 aliphatic heterocycles. The molecule has 0 aromatic heterocycles. The lowest BCUT2D eigenvalue weighted by Crippen LogP contribution is -2.27. The summed E-state index contributed by atoms with van der Waals surface area (Å²) < 4.78 is 10.6. The third kappa shape index (κ3) is 5.35. The summed E-state index contributed by atoms with van der Waals surface area (Å²) in [5.74, 6) is 2.92. The van der Waals surface area contributed by atoms with Crippen molar-refractivity contribution in [3.63, 3.8) is 0 Å². The Labute approximate surface area is 114 Å². The molecule has 0 unspecified atom stereocenters. The molecular weight excluding hydrogens is 242 g/mol. The average molecular weight is 261 g/mol. The first kappa shape index (κ1) is 14.9. The van der Waals surface area contributed by atoms with Gasteiger partial charge in [-0.2, -0.15) is 0 Å². The number of ether oxygens (including phenoxy) is 2. The zero-order chi connectivity index (χ0) is 14.5. The molecule has 0 bridgehead atoms. The van der Waals surface area contributed by atoms with Crippen molar-refractivity contribution in [3.05, 3.63) is 23.8 Å². The molecule has 1 N–H and O–H groups in total. The molecule has 1 rings (SSSR count). The van der Waals surface area contributed by atoms with Crippen molar-refractivity contribution in [2.24, 2.45) is 0 Å². The first-order valence-electron chi connectivity index (χ1n) is 5.99. The fourth-order valence-corrected chi connectivity index (χ4v) is 1.39. The van der Waals surface area contributed by atoms with Crippen molar-refractivity contribution in [3.8, 4) is 18.1 Å². The lowest BCUT2D eigenvalue weighted by atomic mass is 10.2. The largest absolute Gasteiger partial charge is 0.479 e. The van der Waals surface area contributed by atoms with Crippen LogP contribution in [-0.2, 0) is 4.74 Å². The SMILES string of the molecule is C#CCOc1cc(C)ccc1NC(=O)OC(C)(C)C. The van der Waals surface area contributed by atoms with Gasteiger partial charge in [-0.1, -0.05) is 12.0 Å². The normalized spacial score (nSPS) is 10.5. The molecule has 0 radical (unpaired) electrons. The maximum Gasteiger partial charge on any atom is 0.412 e. The van der Waals surface area contributed by atoms with E-state index in [0.717, 1.165) is 5.56 Å². The number of carbonyl (C=O) groups is 1. The van der Waals surface area contributed by atoms with Gasteiger partial charge >= 0.3 is 6.09 Å². The molecule has 1 aromatic rings. The number of rotatable bonds is 3. The van der Waals surface area contributed by atoms with Crippen molar-refractivity contribution < 1.29 is 14.3 Å². The molecule has 102 valence electrons. The number of aryl methyl sites for hydroxylation is 1. The number of anilines is 1. The predicted octanol–water partition coefficient (Wildman–Crippen LogP) is 3.35. The monoisotopic (exact) mass is 261 g/mol. The van der Waals surface area contributed by atoms with Crippen LogP contribution in [0.4, 0.5) is 10.5 Å². The smallest absolute Gasteiger partial charge is 0.412 e. The van der Waals surface area contributed by atoms with Crippen LogP contribution in [-0.4, -0.2) is 18.3 Å². The van der Waals surface area contributed by atoms with Crippen molar-refractivity contribution in [1.82, 2.24) is 0 Å². The van der Waals surface area contributed by atoms with E-state index in [9.17, 15) is 4.79 Å². The van der Waals surface area contributed by atoms with Gasteiger partial charge in [0, 0.05) is 0 Å². The molecule has 4 heteroatoms. The Kier molecular flexibility index (Phi) is 4.82. The van der Waals surface area contributed by atoms with Gasteiger partial charge < -0.3 is 9.47 Å². The third-order valence-electron chi connectivity index (χ3n) is 2.08. The Morgan fingerprint density at radius 3 is 2.68 bits per heavy atom. The van der Waals surface area contributed by atoms with E-state index >= 15 is 0 Å². The summed E-state index contributed by atoms with van der Waals surface area (Å²) in [4.78, 5) is 11.7. The van der Waals surface area contributed by atoms with E-state index in [1.807, 2.05) is 19.1 Å². The van der Waals surface area contributed by atoms with Crippen LogP contribution < -0.4 is 10.1 Å². The highest BCUT2D eigenvalue weighted by Crippen LogP contribution is 2.26. The van der Waals surface area contributed by atoms with Crippen LogP contribution in [0.3, 0.4) is 0 Å². The van der Waals surface area contributed by atoms with E-state index in [-0.39, 0.29) is 6.61 Å². The first-order chi connectivity index (χ1) is 8.81. The van der Waals surface area contributed by atoms with E-state index in [0.29, 0.717) is 11.4 Å². The summed E-state index contributed by atoms with van der Waals surface area (Å²) >= 11 is 0. The molecule has 0 saturated carbocycles. The first-order valence-corrected chi connectivity index (χ1v) is 5.99. The number of nitrogens with one attached hydrogen (secondary N) is 1. The maximum absolute atomic E-state index is 11.7. The molecule has 4 nitrogen and oxygen atoms in total. The quantitative estimate of drug-likeness (QED) is 0.849. The number of hydrogen-bond donors (Lipinski definition) is 1. The van der Waals surface area contributed by atoms with Gasteiger partial charge in [-0.3, -0.25) is 5.32 Å². The van der Waals surface area contributed by atoms with Crippen LogP contribution in [0.25, 0.3) is 0 Å². The lowest BCUT2D eigenvalue weighted by molar-refractivity contribution is 0.0635. The summed E-state index contributed by atoms with van der Waals surface area (Å²) in [7, 11) is 0. The topological polar surface area (TPSA) is 47.6 Å². The summed E-state index contributed by atoms with van der Waals surface area (Å²) in [5, 5.41) is 2.65. The van der Waals surface area contributed by atoms with Crippen LogP contribution >= 0.6 is 0 Å². The molecule has 1 aromatic carbocycles. The Bertz CT molecular complexity index is 495. The number of amides is 1. The molecular formula is C15H19NO3. The van der Waals surface area contributed by atoms with Gasteiger partial charge in [-0.05, 0) is 45.4 Å². The zero-order valence-electron chi connectivity index (χ0n) is 11.7. The fraction of sp³-hybridized carbons (Fsp3) is 0.400. The predicted molar refractivity (Wildman–Crippen MR) is 75.4 cm³/mol. The highest BCUT2D eigenvalue weighted by Gasteiger charge is 2.17. The van der Waals surface area contributed by atoms with Gasteiger partial charge in [0.15, 0.2) is 0 Å². The molecule has 0 atom stereocenters. The second-order valence-corrected chi connectivity index (χ2v) is 5.12. The van der Waals surface area contributed by atoms with Crippen molar-refractivity contribution in [2.75, 3.05) is 11.9 Å². The molecule has 19 heavy (non-hydrogen) atoms. The van der Waals surface area contributed by atoms with E-state index in [1.54, 1.807) is 26.8 Å². The third-order valence-corrected chi connectivity index (χ3v) is 2.08. The number of terminal acetylenes is 1. The molecule has 1 amide bonds. The number of hydrogen-bond acceptors (Lipinski definition) is 3. The van der Waals surface area contributed by atoms with Gasteiger partial charge in [-0.15, -0.1) is 6.42 Å². The molecule has 0 aliphatic carbocycles. The Hall–Kier alpha value is -2.15. The van der Waals surface area contributed by atoms with E-state index in [1.165, 1.54) is 0 Å². The minimum absolute atomic E-state index is 0.145. The summed E-state index contributed by atoms with van der Waals surface area (Å²) in [6.45, 7) is 7.48. The van der Waals surface area contributed by atoms with Crippen molar-refractivity contribution in [2.45, 2.75) is 33.3 Å². The van der Waals surface area contributed by atoms with E-state index in [4.69, 9.17) is 15.9 Å². The number of benzene rings is 1. The summed E-state index contributed by atoms with van der Waals surface area (Å²) in [6.07, 6.45) is 4.64. The molecule has 0 heterocycles. The molecule has 0 aliphatic rings. The van der Waals surface area contributed by atoms with Gasteiger partial charge in [0.2, 0.25) is 0 Å². The lowest BCUT2D eigenvalue weighted by Gasteiger charge is -2.20. The van der Waals surface area contributed by atoms with E-state index in [2.05, 4.69) is 11.2 Å². The standard InChI is InChI=1S/C15H19NO3/c1-6-9-18-13-10-11(2)7-8-12(13)16-14(17)19-15(3,4)5/h1,7-8,10H,9H2,2-5H3,(H,16,17). The summed E-state index contributed by atoms with van der Waals surface area (Å²) in [5.41, 5.74) is 1.01. The van der Waals surface area contributed by atoms with Crippen LogP contribution in [0.15, 0.2) is 18.2 Å². The molecule has 0 spiro atoms. The highest BCUT2D eigenvalue weighted by atomic mass is 16.6. The van der Waals surface area contributed by atoms with Gasteiger partial charge in [0.25, 0.3) is 0 Å². The zero-order valence-corrected chi connectivity index (χ0v) is 11.7. The maximum atomic E-state index is 11.7.